The molecule has 1 aromatic rings. The van der Waals surface area contributed by atoms with Gasteiger partial charge in [0.1, 0.15) is 5.82 Å². The van der Waals surface area contributed by atoms with Crippen LogP contribution in [-0.2, 0) is 0 Å². The van der Waals surface area contributed by atoms with E-state index in [0.717, 1.165) is 25.1 Å². The van der Waals surface area contributed by atoms with Crippen LogP contribution in [0.25, 0.3) is 0 Å². The summed E-state index contributed by atoms with van der Waals surface area (Å²) in [4.78, 5) is 3.64. The fourth-order valence-electron chi connectivity index (χ4n) is 1.60. The molecule has 96 valence electrons. The smallest absolute Gasteiger partial charge is 0.168 e. The topological polar surface area (TPSA) is 45.1 Å². The van der Waals surface area contributed by atoms with Crippen molar-refractivity contribution < 1.29 is 13.9 Å². The number of hydrogen-bond donors (Lipinski definition) is 2. The van der Waals surface area contributed by atoms with Crippen LogP contribution in [0.4, 0.5) is 14.6 Å². The van der Waals surface area contributed by atoms with Gasteiger partial charge in [0.2, 0.25) is 0 Å². The zero-order chi connectivity index (χ0) is 12.9. The van der Waals surface area contributed by atoms with E-state index in [9.17, 15) is 13.9 Å². The number of aromatic nitrogens is 1. The average molecular weight is 244 g/mol. The maximum absolute atomic E-state index is 13.3. The largest absolute Gasteiger partial charge is 0.396 e. The summed E-state index contributed by atoms with van der Waals surface area (Å²) in [5.41, 5.74) is -0.289. The number of aliphatic hydroxyl groups excluding tert-OH is 1. The molecule has 0 amide bonds. The molecule has 5 heteroatoms. The molecule has 0 unspecified atom stereocenters. The molecule has 1 aromatic heterocycles. The lowest BCUT2D eigenvalue weighted by molar-refractivity contribution is 0.127. The van der Waals surface area contributed by atoms with E-state index in [2.05, 4.69) is 10.3 Å². The van der Waals surface area contributed by atoms with Crippen molar-refractivity contribution >= 4 is 5.82 Å². The number of halogens is 2. The van der Waals surface area contributed by atoms with Crippen LogP contribution in [0.15, 0.2) is 12.3 Å². The molecule has 0 saturated carbocycles. The Hall–Kier alpha value is -1.23. The van der Waals surface area contributed by atoms with Gasteiger partial charge in [-0.1, -0.05) is 13.8 Å². The monoisotopic (exact) mass is 244 g/mol. The third-order valence-electron chi connectivity index (χ3n) is 3.27. The van der Waals surface area contributed by atoms with E-state index < -0.39 is 11.6 Å². The molecule has 0 bridgehead atoms. The van der Waals surface area contributed by atoms with E-state index in [1.807, 2.05) is 13.8 Å². The van der Waals surface area contributed by atoms with Crippen LogP contribution < -0.4 is 5.32 Å². The minimum Gasteiger partial charge on any atom is -0.396 e. The van der Waals surface area contributed by atoms with Gasteiger partial charge in [-0.2, -0.15) is 0 Å². The molecule has 0 saturated heterocycles. The Labute approximate surface area is 99.9 Å². The summed E-state index contributed by atoms with van der Waals surface area (Å²) >= 11 is 0. The molecule has 0 aromatic carbocycles. The summed E-state index contributed by atoms with van der Waals surface area (Å²) < 4.78 is 26.0. The predicted octanol–water partition coefficient (Wildman–Crippen LogP) is 2.57. The first-order valence-electron chi connectivity index (χ1n) is 5.72. The molecule has 0 fully saturated rings. The Kier molecular flexibility index (Phi) is 4.81. The van der Waals surface area contributed by atoms with Crippen LogP contribution in [0.2, 0.25) is 0 Å². The standard InChI is InChI=1S/C12H18F2N2O/c1-3-12(4-2,8-17)7-16-11-10(14)5-9(13)6-15-11/h5-6,17H,3-4,7-8H2,1-2H3,(H,15,16). The van der Waals surface area contributed by atoms with Gasteiger partial charge in [-0.15, -0.1) is 0 Å². The van der Waals surface area contributed by atoms with Crippen molar-refractivity contribution in [2.24, 2.45) is 5.41 Å². The maximum atomic E-state index is 13.3. The Balaban J connectivity index is 2.72. The minimum atomic E-state index is -0.718. The lowest BCUT2D eigenvalue weighted by atomic mass is 9.83. The summed E-state index contributed by atoms with van der Waals surface area (Å²) in [5.74, 6) is -1.40. The predicted molar refractivity (Wildman–Crippen MR) is 62.7 cm³/mol. The molecule has 0 aliphatic heterocycles. The van der Waals surface area contributed by atoms with Gasteiger partial charge in [-0.25, -0.2) is 13.8 Å². The fourth-order valence-corrected chi connectivity index (χ4v) is 1.60. The van der Waals surface area contributed by atoms with E-state index >= 15 is 0 Å². The minimum absolute atomic E-state index is 0.0196. The van der Waals surface area contributed by atoms with E-state index in [-0.39, 0.29) is 17.8 Å². The third kappa shape index (κ3) is 3.36. The first-order chi connectivity index (χ1) is 8.06. The second-order valence-corrected chi connectivity index (χ2v) is 4.20. The maximum Gasteiger partial charge on any atom is 0.168 e. The van der Waals surface area contributed by atoms with E-state index in [1.165, 1.54) is 0 Å². The molecule has 0 aliphatic carbocycles. The van der Waals surface area contributed by atoms with Crippen molar-refractivity contribution in [3.8, 4) is 0 Å². The quantitative estimate of drug-likeness (QED) is 0.808. The van der Waals surface area contributed by atoms with Gasteiger partial charge in [-0.3, -0.25) is 0 Å². The van der Waals surface area contributed by atoms with Gasteiger partial charge in [0, 0.05) is 18.0 Å². The summed E-state index contributed by atoms with van der Waals surface area (Å²) in [5, 5.41) is 12.2. The average Bonchev–Trinajstić information content (AvgIpc) is 2.33. The summed E-state index contributed by atoms with van der Waals surface area (Å²) in [6, 6.07) is 0.786. The zero-order valence-electron chi connectivity index (χ0n) is 10.1. The Bertz CT molecular complexity index is 359. The lowest BCUT2D eigenvalue weighted by Gasteiger charge is -2.29. The molecule has 0 aliphatic rings. The van der Waals surface area contributed by atoms with Gasteiger partial charge < -0.3 is 10.4 Å². The fraction of sp³-hybridized carbons (Fsp3) is 0.583. The number of pyridine rings is 1. The third-order valence-corrected chi connectivity index (χ3v) is 3.27. The molecule has 2 N–H and O–H groups in total. The van der Waals surface area contributed by atoms with Crippen molar-refractivity contribution in [1.29, 1.82) is 0 Å². The zero-order valence-corrected chi connectivity index (χ0v) is 10.1. The van der Waals surface area contributed by atoms with E-state index in [1.54, 1.807) is 0 Å². The van der Waals surface area contributed by atoms with E-state index in [4.69, 9.17) is 0 Å². The highest BCUT2D eigenvalue weighted by atomic mass is 19.1. The number of anilines is 1. The molecular formula is C12H18F2N2O. The van der Waals surface area contributed by atoms with Crippen molar-refractivity contribution in [3.63, 3.8) is 0 Å². The van der Waals surface area contributed by atoms with Crippen molar-refractivity contribution in [1.82, 2.24) is 4.98 Å². The van der Waals surface area contributed by atoms with Crippen molar-refractivity contribution in [2.75, 3.05) is 18.5 Å². The molecule has 1 rings (SSSR count). The Morgan fingerprint density at radius 3 is 2.47 bits per heavy atom. The van der Waals surface area contributed by atoms with E-state index in [0.29, 0.717) is 6.54 Å². The first kappa shape index (κ1) is 13.8. The van der Waals surface area contributed by atoms with Crippen LogP contribution in [0, 0.1) is 17.0 Å². The summed E-state index contributed by atoms with van der Waals surface area (Å²) in [6.45, 7) is 4.37. The van der Waals surface area contributed by atoms with Crippen molar-refractivity contribution in [2.45, 2.75) is 26.7 Å². The van der Waals surface area contributed by atoms with Crippen LogP contribution in [-0.4, -0.2) is 23.2 Å². The number of aliphatic hydroxyl groups is 1. The Morgan fingerprint density at radius 1 is 1.35 bits per heavy atom. The molecular weight excluding hydrogens is 226 g/mol. The second kappa shape index (κ2) is 5.91. The summed E-state index contributed by atoms with van der Waals surface area (Å²) in [7, 11) is 0. The highest BCUT2D eigenvalue weighted by Crippen LogP contribution is 2.26. The van der Waals surface area contributed by atoms with Gasteiger partial charge in [0.25, 0.3) is 0 Å². The van der Waals surface area contributed by atoms with Crippen molar-refractivity contribution in [3.05, 3.63) is 23.9 Å². The molecule has 0 radical (unpaired) electrons. The highest BCUT2D eigenvalue weighted by Gasteiger charge is 2.25. The molecule has 1 heterocycles. The Morgan fingerprint density at radius 2 is 2.00 bits per heavy atom. The first-order valence-corrected chi connectivity index (χ1v) is 5.72. The van der Waals surface area contributed by atoms with Crippen LogP contribution in [0.5, 0.6) is 0 Å². The number of nitrogens with zero attached hydrogens (tertiary/aromatic N) is 1. The molecule has 3 nitrogen and oxygen atoms in total. The number of nitrogens with one attached hydrogen (secondary N) is 1. The molecule has 0 atom stereocenters. The normalized spacial score (nSPS) is 11.6. The molecule has 0 spiro atoms. The number of hydrogen-bond acceptors (Lipinski definition) is 3. The van der Waals surface area contributed by atoms with Crippen LogP contribution in [0.3, 0.4) is 0 Å². The molecule has 17 heavy (non-hydrogen) atoms. The second-order valence-electron chi connectivity index (χ2n) is 4.20. The van der Waals surface area contributed by atoms with Gasteiger partial charge in [0.05, 0.1) is 12.8 Å². The van der Waals surface area contributed by atoms with Gasteiger partial charge >= 0.3 is 0 Å². The highest BCUT2D eigenvalue weighted by molar-refractivity contribution is 5.36. The SMILES string of the molecule is CCC(CC)(CO)CNc1ncc(F)cc1F. The van der Waals surface area contributed by atoms with Gasteiger partial charge in [-0.05, 0) is 12.8 Å². The number of rotatable bonds is 6. The summed E-state index contributed by atoms with van der Waals surface area (Å²) in [6.07, 6.45) is 2.51. The lowest BCUT2D eigenvalue weighted by Crippen LogP contribution is -2.32. The van der Waals surface area contributed by atoms with Gasteiger partial charge in [0.15, 0.2) is 11.6 Å². The van der Waals surface area contributed by atoms with Crippen LogP contribution >= 0.6 is 0 Å². The van der Waals surface area contributed by atoms with Crippen LogP contribution in [0.1, 0.15) is 26.7 Å².